The molecule has 1 fully saturated rings. The molecule has 2 aromatic rings. The van der Waals surface area contributed by atoms with E-state index in [1.165, 1.54) is 18.4 Å². The molecule has 31 heavy (non-hydrogen) atoms. The highest BCUT2D eigenvalue weighted by Gasteiger charge is 2.30. The lowest BCUT2D eigenvalue weighted by atomic mass is 9.87. The van der Waals surface area contributed by atoms with E-state index in [9.17, 15) is 8.78 Å². The zero-order valence-electron chi connectivity index (χ0n) is 18.0. The Morgan fingerprint density at radius 3 is 2.48 bits per heavy atom. The first kappa shape index (κ1) is 21.7. The molecule has 0 spiro atoms. The van der Waals surface area contributed by atoms with Gasteiger partial charge in [0.05, 0.1) is 6.61 Å². The molecule has 1 aliphatic heterocycles. The van der Waals surface area contributed by atoms with E-state index in [-0.39, 0.29) is 6.10 Å². The van der Waals surface area contributed by atoms with Crippen molar-refractivity contribution in [2.75, 3.05) is 6.61 Å². The van der Waals surface area contributed by atoms with E-state index in [1.54, 1.807) is 17.7 Å². The van der Waals surface area contributed by atoms with Crippen molar-refractivity contribution in [1.29, 1.82) is 0 Å². The van der Waals surface area contributed by atoms with Crippen LogP contribution in [0.2, 0.25) is 0 Å². The maximum Gasteiger partial charge on any atom is 0.167 e. The predicted octanol–water partition coefficient (Wildman–Crippen LogP) is 7.88. The Labute approximate surface area is 184 Å². The van der Waals surface area contributed by atoms with Crippen LogP contribution in [0.4, 0.5) is 8.78 Å². The van der Waals surface area contributed by atoms with Crippen LogP contribution < -0.4 is 0 Å². The highest BCUT2D eigenvalue weighted by molar-refractivity contribution is 5.65. The lowest BCUT2D eigenvalue weighted by Gasteiger charge is -2.18. The fourth-order valence-corrected chi connectivity index (χ4v) is 4.25. The molecule has 0 bridgehead atoms. The van der Waals surface area contributed by atoms with Crippen LogP contribution in [0.25, 0.3) is 11.1 Å². The molecule has 0 radical (unpaired) electrons. The third kappa shape index (κ3) is 5.59. The van der Waals surface area contributed by atoms with Crippen LogP contribution in [-0.4, -0.2) is 6.61 Å². The highest BCUT2D eigenvalue weighted by Crippen LogP contribution is 2.35. The summed E-state index contributed by atoms with van der Waals surface area (Å²) in [5, 5.41) is 0. The summed E-state index contributed by atoms with van der Waals surface area (Å²) in [6.45, 7) is 4.26. The molecule has 0 saturated carbocycles. The van der Waals surface area contributed by atoms with Crippen molar-refractivity contribution in [3.8, 4) is 11.1 Å². The lowest BCUT2D eigenvalue weighted by Crippen LogP contribution is -2.03. The van der Waals surface area contributed by atoms with E-state index in [0.717, 1.165) is 32.1 Å². The molecular weight excluding hydrogens is 390 g/mol. The van der Waals surface area contributed by atoms with E-state index >= 15 is 0 Å². The smallest absolute Gasteiger partial charge is 0.167 e. The van der Waals surface area contributed by atoms with Gasteiger partial charge in [-0.05, 0) is 62.0 Å². The quantitative estimate of drug-likeness (QED) is 0.297. The van der Waals surface area contributed by atoms with Crippen molar-refractivity contribution in [2.45, 2.75) is 51.0 Å². The number of rotatable bonds is 9. The van der Waals surface area contributed by atoms with Gasteiger partial charge in [-0.3, -0.25) is 0 Å². The molecule has 2 atom stereocenters. The van der Waals surface area contributed by atoms with Crippen LogP contribution in [-0.2, 0) is 11.2 Å². The number of hydrogen-bond acceptors (Lipinski definition) is 1. The van der Waals surface area contributed by atoms with Crippen LogP contribution in [0.1, 0.15) is 55.8 Å². The van der Waals surface area contributed by atoms with Gasteiger partial charge in [0.1, 0.15) is 6.10 Å². The molecule has 1 aliphatic carbocycles. The maximum absolute atomic E-state index is 14.5. The van der Waals surface area contributed by atoms with Crippen LogP contribution in [0.15, 0.2) is 72.9 Å². The van der Waals surface area contributed by atoms with Crippen molar-refractivity contribution in [3.05, 3.63) is 95.6 Å². The average Bonchev–Trinajstić information content (AvgIpc) is 3.64. The summed E-state index contributed by atoms with van der Waals surface area (Å²) in [5.41, 5.74) is 4.08. The van der Waals surface area contributed by atoms with Crippen LogP contribution >= 0.6 is 0 Å². The van der Waals surface area contributed by atoms with Gasteiger partial charge in [-0.2, -0.15) is 0 Å². The molecule has 1 nitrogen and oxygen atoms in total. The molecule has 2 aromatic carbocycles. The fraction of sp³-hybridized carbons (Fsp3) is 0.357. The second-order valence-corrected chi connectivity index (χ2v) is 8.54. The predicted molar refractivity (Wildman–Crippen MR) is 123 cm³/mol. The standard InChI is InChI=1S/C28H30F2O/c1-2-3-6-20-9-11-21(12-10-20)7-4-5-8-22-13-15-23(16-14-22)24-17-18-25(26-19-31-26)28(30)27(24)29/h2,4,7,9,13-18,21,26H,1,3,5-6,8,10-12,19H2/b7-4+. The first-order valence-corrected chi connectivity index (χ1v) is 11.3. The first-order valence-electron chi connectivity index (χ1n) is 11.3. The Bertz CT molecular complexity index is 967. The van der Waals surface area contributed by atoms with Crippen molar-refractivity contribution in [2.24, 2.45) is 5.92 Å². The van der Waals surface area contributed by atoms with Gasteiger partial charge < -0.3 is 4.74 Å². The molecule has 3 heteroatoms. The van der Waals surface area contributed by atoms with Gasteiger partial charge in [-0.1, -0.05) is 66.3 Å². The van der Waals surface area contributed by atoms with Gasteiger partial charge >= 0.3 is 0 Å². The van der Waals surface area contributed by atoms with Crippen molar-refractivity contribution in [3.63, 3.8) is 0 Å². The Morgan fingerprint density at radius 2 is 1.81 bits per heavy atom. The highest BCUT2D eigenvalue weighted by atomic mass is 19.2. The van der Waals surface area contributed by atoms with Crippen LogP contribution in [0, 0.1) is 17.6 Å². The molecule has 2 unspecified atom stereocenters. The summed E-state index contributed by atoms with van der Waals surface area (Å²) in [7, 11) is 0. The number of halogens is 2. The summed E-state index contributed by atoms with van der Waals surface area (Å²) in [4.78, 5) is 0. The fourth-order valence-electron chi connectivity index (χ4n) is 4.25. The molecule has 0 amide bonds. The summed E-state index contributed by atoms with van der Waals surface area (Å²) in [5.74, 6) is -0.936. The van der Waals surface area contributed by atoms with E-state index < -0.39 is 11.6 Å². The number of hydrogen-bond donors (Lipinski definition) is 0. The van der Waals surface area contributed by atoms with Crippen LogP contribution in [0.5, 0.6) is 0 Å². The Balaban J connectivity index is 1.29. The second kappa shape index (κ2) is 10.2. The van der Waals surface area contributed by atoms with Crippen LogP contribution in [0.3, 0.4) is 0 Å². The number of aryl methyl sites for hydroxylation is 1. The Kier molecular flexibility index (Phi) is 7.14. The van der Waals surface area contributed by atoms with E-state index in [4.69, 9.17) is 4.74 Å². The van der Waals surface area contributed by atoms with Gasteiger partial charge in [0.2, 0.25) is 0 Å². The van der Waals surface area contributed by atoms with E-state index in [2.05, 4.69) is 24.8 Å². The number of benzene rings is 2. The van der Waals surface area contributed by atoms with Crippen molar-refractivity contribution in [1.82, 2.24) is 0 Å². The maximum atomic E-state index is 14.5. The molecule has 0 aromatic heterocycles. The van der Waals surface area contributed by atoms with Gasteiger partial charge in [0.15, 0.2) is 11.6 Å². The lowest BCUT2D eigenvalue weighted by molar-refractivity contribution is 0.401. The summed E-state index contributed by atoms with van der Waals surface area (Å²) in [6.07, 6.45) is 16.5. The van der Waals surface area contributed by atoms with E-state index in [0.29, 0.717) is 29.2 Å². The second-order valence-electron chi connectivity index (χ2n) is 8.54. The van der Waals surface area contributed by atoms with Crippen molar-refractivity contribution >= 4 is 0 Å². The van der Waals surface area contributed by atoms with Gasteiger partial charge in [-0.25, -0.2) is 8.78 Å². The summed E-state index contributed by atoms with van der Waals surface area (Å²) < 4.78 is 33.9. The number of ether oxygens (including phenoxy) is 1. The summed E-state index contributed by atoms with van der Waals surface area (Å²) >= 11 is 0. The normalized spacial score (nSPS) is 20.6. The molecule has 2 aliphatic rings. The number of epoxide rings is 1. The molecular formula is C28H30F2O. The van der Waals surface area contributed by atoms with E-state index in [1.807, 2.05) is 30.3 Å². The van der Waals surface area contributed by atoms with Gasteiger partial charge in [0, 0.05) is 11.1 Å². The minimum Gasteiger partial charge on any atom is -0.368 e. The topological polar surface area (TPSA) is 12.5 Å². The average molecular weight is 421 g/mol. The van der Waals surface area contributed by atoms with Gasteiger partial charge in [0.25, 0.3) is 0 Å². The zero-order valence-corrected chi connectivity index (χ0v) is 18.0. The largest absolute Gasteiger partial charge is 0.368 e. The molecule has 162 valence electrons. The van der Waals surface area contributed by atoms with Crippen molar-refractivity contribution < 1.29 is 13.5 Å². The molecule has 0 N–H and O–H groups in total. The molecule has 1 saturated heterocycles. The minimum absolute atomic E-state index is 0.289. The minimum atomic E-state index is -0.794. The monoisotopic (exact) mass is 420 g/mol. The first-order chi connectivity index (χ1) is 15.2. The van der Waals surface area contributed by atoms with Gasteiger partial charge in [-0.15, -0.1) is 6.58 Å². The third-order valence-electron chi connectivity index (χ3n) is 6.28. The summed E-state index contributed by atoms with van der Waals surface area (Å²) in [6, 6.07) is 11.0. The Hall–Kier alpha value is -2.52. The SMILES string of the molecule is C=CCCC1=CCC(/C=C/CCc2ccc(-c3ccc(C4CO4)c(F)c3F)cc2)CC1. The Morgan fingerprint density at radius 1 is 1.00 bits per heavy atom. The number of allylic oxidation sites excluding steroid dienone is 5. The third-order valence-corrected chi connectivity index (χ3v) is 6.28. The molecule has 1 heterocycles. The zero-order chi connectivity index (χ0) is 21.6. The molecule has 4 rings (SSSR count).